The molecular formula is C21H18N4S. The van der Waals surface area contributed by atoms with E-state index in [9.17, 15) is 5.26 Å². The molecule has 4 nitrogen and oxygen atoms in total. The molecule has 3 aromatic rings. The molecule has 0 saturated carbocycles. The number of hydrazine groups is 1. The first kappa shape index (κ1) is 16.7. The van der Waals surface area contributed by atoms with Gasteiger partial charge in [-0.25, -0.2) is 10.4 Å². The van der Waals surface area contributed by atoms with Gasteiger partial charge in [0.15, 0.2) is 0 Å². The van der Waals surface area contributed by atoms with Gasteiger partial charge >= 0.3 is 0 Å². The highest BCUT2D eigenvalue weighted by atomic mass is 32.1. The standard InChI is InChI=1S/C21H18N4S/c22-12-17(21-24-19(14-26-21)15-7-3-1-4-8-15)11-18-13-23-25-20(18)16-9-5-2-6-10-16/h1-11,14,18,20,23,25H,13H2/b17-11+. The Balaban J connectivity index is 1.61. The van der Waals surface area contributed by atoms with Crippen LogP contribution >= 0.6 is 11.3 Å². The van der Waals surface area contributed by atoms with E-state index in [-0.39, 0.29) is 12.0 Å². The second kappa shape index (κ2) is 7.63. The number of nitrogens with one attached hydrogen (secondary N) is 2. The van der Waals surface area contributed by atoms with E-state index in [2.05, 4.69) is 34.0 Å². The molecule has 2 aromatic carbocycles. The molecule has 1 saturated heterocycles. The molecule has 1 aliphatic rings. The lowest BCUT2D eigenvalue weighted by atomic mass is 9.93. The van der Waals surface area contributed by atoms with Gasteiger partial charge in [-0.1, -0.05) is 66.7 Å². The molecule has 1 fully saturated rings. The molecule has 5 heteroatoms. The molecule has 1 aromatic heterocycles. The molecule has 0 aliphatic carbocycles. The minimum atomic E-state index is 0.146. The molecule has 26 heavy (non-hydrogen) atoms. The van der Waals surface area contributed by atoms with Gasteiger partial charge in [0, 0.05) is 23.4 Å². The van der Waals surface area contributed by atoms with E-state index in [1.54, 1.807) is 0 Å². The summed E-state index contributed by atoms with van der Waals surface area (Å²) in [5.41, 5.74) is 10.3. The molecule has 0 radical (unpaired) electrons. The van der Waals surface area contributed by atoms with Gasteiger partial charge in [-0.3, -0.25) is 5.43 Å². The van der Waals surface area contributed by atoms with E-state index in [4.69, 9.17) is 0 Å². The fraction of sp³-hybridized carbons (Fsp3) is 0.143. The Morgan fingerprint density at radius 1 is 1.12 bits per heavy atom. The Bertz CT molecular complexity index is 941. The Kier molecular flexibility index (Phi) is 4.89. The molecule has 2 unspecified atom stereocenters. The largest absolute Gasteiger partial charge is 0.257 e. The summed E-state index contributed by atoms with van der Waals surface area (Å²) in [7, 11) is 0. The second-order valence-electron chi connectivity index (χ2n) is 6.17. The number of benzene rings is 2. The monoisotopic (exact) mass is 358 g/mol. The lowest BCUT2D eigenvalue weighted by molar-refractivity contribution is 0.540. The van der Waals surface area contributed by atoms with Crippen molar-refractivity contribution in [3.63, 3.8) is 0 Å². The lowest BCUT2D eigenvalue weighted by Crippen LogP contribution is -2.24. The maximum Gasteiger partial charge on any atom is 0.134 e. The van der Waals surface area contributed by atoms with Crippen molar-refractivity contribution >= 4 is 16.9 Å². The molecule has 128 valence electrons. The number of aromatic nitrogens is 1. The van der Waals surface area contributed by atoms with Crippen LogP contribution in [0.1, 0.15) is 16.6 Å². The number of nitrogens with zero attached hydrogens (tertiary/aromatic N) is 2. The number of nitriles is 1. The zero-order chi connectivity index (χ0) is 17.8. The average Bonchev–Trinajstić information content (AvgIpc) is 3.37. The Morgan fingerprint density at radius 3 is 2.58 bits per heavy atom. The van der Waals surface area contributed by atoms with E-state index in [0.29, 0.717) is 5.57 Å². The predicted octanol–water partition coefficient (Wildman–Crippen LogP) is 4.18. The van der Waals surface area contributed by atoms with Gasteiger partial charge in [-0.15, -0.1) is 11.3 Å². The third-order valence-electron chi connectivity index (χ3n) is 4.49. The first-order chi connectivity index (χ1) is 12.8. The highest BCUT2D eigenvalue weighted by Crippen LogP contribution is 2.31. The molecule has 1 aliphatic heterocycles. The third-order valence-corrected chi connectivity index (χ3v) is 5.36. The van der Waals surface area contributed by atoms with Crippen LogP contribution in [0.5, 0.6) is 0 Å². The minimum absolute atomic E-state index is 0.146. The maximum absolute atomic E-state index is 9.68. The predicted molar refractivity (Wildman–Crippen MR) is 105 cm³/mol. The summed E-state index contributed by atoms with van der Waals surface area (Å²) in [6, 6.07) is 22.8. The van der Waals surface area contributed by atoms with Crippen molar-refractivity contribution in [3.05, 3.63) is 82.7 Å². The van der Waals surface area contributed by atoms with Gasteiger partial charge < -0.3 is 0 Å². The zero-order valence-corrected chi connectivity index (χ0v) is 14.9. The summed E-state index contributed by atoms with van der Waals surface area (Å²) in [6.07, 6.45) is 2.04. The zero-order valence-electron chi connectivity index (χ0n) is 14.1. The lowest BCUT2D eigenvalue weighted by Gasteiger charge is -2.15. The molecular weight excluding hydrogens is 340 g/mol. The van der Waals surface area contributed by atoms with Crippen LogP contribution in [0.2, 0.25) is 0 Å². The van der Waals surface area contributed by atoms with Crippen LogP contribution in [0, 0.1) is 17.2 Å². The number of thiazole rings is 1. The van der Waals surface area contributed by atoms with Crippen LogP contribution in [0.4, 0.5) is 0 Å². The summed E-state index contributed by atoms with van der Waals surface area (Å²) in [5.74, 6) is 0.191. The van der Waals surface area contributed by atoms with Gasteiger partial charge in [0.05, 0.1) is 17.3 Å². The van der Waals surface area contributed by atoms with Crippen molar-refractivity contribution in [2.75, 3.05) is 6.54 Å². The van der Waals surface area contributed by atoms with Crippen molar-refractivity contribution < 1.29 is 0 Å². The van der Waals surface area contributed by atoms with Crippen LogP contribution in [0.15, 0.2) is 72.1 Å². The van der Waals surface area contributed by atoms with Crippen LogP contribution in [0.25, 0.3) is 16.8 Å². The van der Waals surface area contributed by atoms with Crippen molar-refractivity contribution in [3.8, 4) is 17.3 Å². The van der Waals surface area contributed by atoms with Crippen LogP contribution in [0.3, 0.4) is 0 Å². The summed E-state index contributed by atoms with van der Waals surface area (Å²) < 4.78 is 0. The summed E-state index contributed by atoms with van der Waals surface area (Å²) in [4.78, 5) is 4.68. The van der Waals surface area contributed by atoms with Crippen molar-refractivity contribution in [1.29, 1.82) is 5.26 Å². The van der Waals surface area contributed by atoms with Crippen molar-refractivity contribution in [2.24, 2.45) is 5.92 Å². The fourth-order valence-electron chi connectivity index (χ4n) is 3.17. The SMILES string of the molecule is N#C/C(=C\C1CNNC1c1ccccc1)c1nc(-c2ccccc2)cs1. The van der Waals surface area contributed by atoms with Gasteiger partial charge in [-0.05, 0) is 5.56 Å². The van der Waals surface area contributed by atoms with Gasteiger partial charge in [0.25, 0.3) is 0 Å². The summed E-state index contributed by atoms with van der Waals surface area (Å²) in [6.45, 7) is 0.779. The molecule has 2 N–H and O–H groups in total. The average molecular weight is 358 g/mol. The smallest absolute Gasteiger partial charge is 0.134 e. The number of rotatable bonds is 4. The molecule has 0 bridgehead atoms. The minimum Gasteiger partial charge on any atom is -0.257 e. The Labute approximate surface area is 156 Å². The summed E-state index contributed by atoms with van der Waals surface area (Å²) >= 11 is 1.51. The molecule has 0 amide bonds. The number of hydrogen-bond donors (Lipinski definition) is 2. The van der Waals surface area contributed by atoms with E-state index in [0.717, 1.165) is 22.8 Å². The first-order valence-electron chi connectivity index (χ1n) is 8.52. The maximum atomic E-state index is 9.68. The first-order valence-corrected chi connectivity index (χ1v) is 9.39. The normalized spacial score (nSPS) is 20.0. The Morgan fingerprint density at radius 2 is 1.85 bits per heavy atom. The third kappa shape index (κ3) is 3.44. The Hall–Kier alpha value is -2.78. The van der Waals surface area contributed by atoms with Crippen LogP contribution in [-0.2, 0) is 0 Å². The topological polar surface area (TPSA) is 60.7 Å². The van der Waals surface area contributed by atoms with Gasteiger partial charge in [-0.2, -0.15) is 5.26 Å². The quantitative estimate of drug-likeness (QED) is 0.687. The van der Waals surface area contributed by atoms with Crippen LogP contribution < -0.4 is 10.9 Å². The molecule has 0 spiro atoms. The van der Waals surface area contributed by atoms with Crippen LogP contribution in [-0.4, -0.2) is 11.5 Å². The van der Waals surface area contributed by atoms with E-state index < -0.39 is 0 Å². The van der Waals surface area contributed by atoms with E-state index in [1.807, 2.05) is 60.0 Å². The number of hydrogen-bond acceptors (Lipinski definition) is 5. The summed E-state index contributed by atoms with van der Waals surface area (Å²) in [5, 5.41) is 12.5. The number of allylic oxidation sites excluding steroid dienone is 1. The highest BCUT2D eigenvalue weighted by Gasteiger charge is 2.27. The fourth-order valence-corrected chi connectivity index (χ4v) is 3.97. The second-order valence-corrected chi connectivity index (χ2v) is 7.03. The molecule has 4 rings (SSSR count). The molecule has 2 heterocycles. The van der Waals surface area contributed by atoms with Gasteiger partial charge in [0.2, 0.25) is 0 Å². The molecule has 2 atom stereocenters. The van der Waals surface area contributed by atoms with E-state index in [1.165, 1.54) is 16.9 Å². The van der Waals surface area contributed by atoms with E-state index >= 15 is 0 Å². The van der Waals surface area contributed by atoms with Crippen molar-refractivity contribution in [2.45, 2.75) is 6.04 Å². The van der Waals surface area contributed by atoms with Gasteiger partial charge in [0.1, 0.15) is 11.1 Å². The van der Waals surface area contributed by atoms with Crippen molar-refractivity contribution in [1.82, 2.24) is 15.8 Å². The highest BCUT2D eigenvalue weighted by molar-refractivity contribution is 7.11.